The van der Waals surface area contributed by atoms with Crippen LogP contribution in [0.1, 0.15) is 78.6 Å². The van der Waals surface area contributed by atoms with Crippen LogP contribution in [0.15, 0.2) is 12.1 Å². The Morgan fingerprint density at radius 3 is 2.69 bits per heavy atom. The van der Waals surface area contributed by atoms with E-state index in [1.165, 1.54) is 6.07 Å². The molecule has 1 aromatic carbocycles. The zero-order chi connectivity index (χ0) is 25.5. The number of ether oxygens (including phenoxy) is 1. The second-order valence-electron chi connectivity index (χ2n) is 10.1. The summed E-state index contributed by atoms with van der Waals surface area (Å²) >= 11 is 0. The summed E-state index contributed by atoms with van der Waals surface area (Å²) in [5.41, 5.74) is 12.9. The lowest BCUT2D eigenvalue weighted by atomic mass is 9.75. The quantitative estimate of drug-likeness (QED) is 0.512. The molecule has 0 bridgehead atoms. The van der Waals surface area contributed by atoms with Crippen LogP contribution in [0.5, 0.6) is 0 Å². The number of nitrogens with two attached hydrogens (primary N) is 2. The number of ketones is 1. The zero-order valence-corrected chi connectivity index (χ0v) is 20.3. The number of Topliss-reactive ketones (excluding diaryl/α,β-unsaturated/α-hetero) is 1. The summed E-state index contributed by atoms with van der Waals surface area (Å²) in [7, 11) is 0. The summed E-state index contributed by atoms with van der Waals surface area (Å²) in [6.45, 7) is 5.72. The van der Waals surface area contributed by atoms with Gasteiger partial charge >= 0.3 is 5.97 Å². The first-order chi connectivity index (χ1) is 16.5. The Balaban J connectivity index is 1.78. The molecule has 0 unspecified atom stereocenters. The van der Waals surface area contributed by atoms with Crippen LogP contribution in [-0.2, 0) is 22.4 Å². The molecule has 35 heavy (non-hydrogen) atoms. The summed E-state index contributed by atoms with van der Waals surface area (Å²) in [6.07, 6.45) is 3.20. The van der Waals surface area contributed by atoms with Crippen molar-refractivity contribution < 1.29 is 23.5 Å². The maximum absolute atomic E-state index is 15.3. The number of aryl methyl sites for hydroxylation is 1. The third kappa shape index (κ3) is 4.80. The van der Waals surface area contributed by atoms with Crippen molar-refractivity contribution in [1.29, 1.82) is 0 Å². The highest BCUT2D eigenvalue weighted by atomic mass is 19.1. The molecule has 1 saturated carbocycles. The smallest absolute Gasteiger partial charge is 0.320 e. The Morgan fingerprint density at radius 1 is 1.29 bits per heavy atom. The number of amides is 1. The van der Waals surface area contributed by atoms with E-state index < -0.39 is 23.8 Å². The molecule has 2 atom stereocenters. The first-order valence-corrected chi connectivity index (χ1v) is 12.0. The van der Waals surface area contributed by atoms with Crippen molar-refractivity contribution in [3.8, 4) is 5.69 Å². The molecule has 1 fully saturated rings. The number of primary amides is 1. The van der Waals surface area contributed by atoms with Crippen molar-refractivity contribution in [1.82, 2.24) is 9.78 Å². The monoisotopic (exact) mass is 485 g/mol. The Hall–Kier alpha value is -3.27. The van der Waals surface area contributed by atoms with Crippen LogP contribution in [0.4, 0.5) is 10.1 Å². The molecule has 4 rings (SSSR count). The summed E-state index contributed by atoms with van der Waals surface area (Å²) in [4.78, 5) is 36.8. The van der Waals surface area contributed by atoms with Crippen LogP contribution in [-0.4, -0.2) is 46.1 Å². The first kappa shape index (κ1) is 24.8. The molecule has 5 N–H and O–H groups in total. The van der Waals surface area contributed by atoms with Crippen molar-refractivity contribution in [3.63, 3.8) is 0 Å². The molecule has 1 heterocycles. The van der Waals surface area contributed by atoms with Crippen LogP contribution in [0.3, 0.4) is 0 Å². The van der Waals surface area contributed by atoms with E-state index >= 15 is 4.39 Å². The normalized spacial score (nSPS) is 21.0. The molecule has 9 nitrogen and oxygen atoms in total. The standard InChI is InChI=1S/C25H32FN5O4/c1-4-15-23-18(10-25(2,3)11-19(23)32)31(30-15)13-8-14(26)22(24(28)34)17(9-13)29-16-6-5-7-20(16)35-21(33)12-27/h8-9,16,20,29H,4-7,10-12,27H2,1-3H3,(H2,28,34)/t16-,20-/m0/s1. The average Bonchev–Trinajstić information content (AvgIpc) is 3.36. The lowest BCUT2D eigenvalue weighted by Gasteiger charge is -2.29. The van der Waals surface area contributed by atoms with Gasteiger partial charge in [-0.15, -0.1) is 0 Å². The highest BCUT2D eigenvalue weighted by Gasteiger charge is 2.37. The van der Waals surface area contributed by atoms with Gasteiger partial charge in [0.05, 0.1) is 46.5 Å². The topological polar surface area (TPSA) is 142 Å². The summed E-state index contributed by atoms with van der Waals surface area (Å²) in [6, 6.07) is 2.49. The number of esters is 1. The van der Waals surface area contributed by atoms with Crippen molar-refractivity contribution in [2.24, 2.45) is 16.9 Å². The summed E-state index contributed by atoms with van der Waals surface area (Å²) < 4.78 is 22.3. The number of anilines is 1. The van der Waals surface area contributed by atoms with Gasteiger partial charge in [0.25, 0.3) is 5.91 Å². The van der Waals surface area contributed by atoms with Crippen molar-refractivity contribution in [2.45, 2.75) is 71.4 Å². The lowest BCUT2D eigenvalue weighted by Crippen LogP contribution is -2.35. The van der Waals surface area contributed by atoms with Gasteiger partial charge < -0.3 is 21.5 Å². The van der Waals surface area contributed by atoms with Crippen molar-refractivity contribution in [2.75, 3.05) is 11.9 Å². The Morgan fingerprint density at radius 2 is 2.03 bits per heavy atom. The van der Waals surface area contributed by atoms with Crippen molar-refractivity contribution >= 4 is 23.3 Å². The Kier molecular flexibility index (Phi) is 6.68. The van der Waals surface area contributed by atoms with Gasteiger partial charge in [-0.05, 0) is 43.6 Å². The number of halogens is 1. The van der Waals surface area contributed by atoms with E-state index in [1.807, 2.05) is 20.8 Å². The molecule has 0 radical (unpaired) electrons. The second kappa shape index (κ2) is 9.41. The number of hydrogen-bond donors (Lipinski definition) is 3. The average molecular weight is 486 g/mol. The maximum Gasteiger partial charge on any atom is 0.320 e. The van der Waals surface area contributed by atoms with E-state index in [9.17, 15) is 14.4 Å². The van der Waals surface area contributed by atoms with Gasteiger partial charge in [0.15, 0.2) is 5.78 Å². The minimum Gasteiger partial charge on any atom is -0.459 e. The van der Waals surface area contributed by atoms with Crippen LogP contribution in [0.2, 0.25) is 0 Å². The molecule has 0 aliphatic heterocycles. The van der Waals surface area contributed by atoms with E-state index in [0.29, 0.717) is 49.0 Å². The van der Waals surface area contributed by atoms with Gasteiger partial charge in [-0.25, -0.2) is 9.07 Å². The third-order valence-electron chi connectivity index (χ3n) is 6.76. The minimum absolute atomic E-state index is 0.0300. The number of carbonyl (C=O) groups is 3. The number of hydrogen-bond acceptors (Lipinski definition) is 7. The highest BCUT2D eigenvalue weighted by molar-refractivity contribution is 6.00. The molecule has 10 heteroatoms. The van der Waals surface area contributed by atoms with Crippen LogP contribution >= 0.6 is 0 Å². The lowest BCUT2D eigenvalue weighted by molar-refractivity contribution is -0.147. The number of fused-ring (bicyclic) bond motifs is 1. The van der Waals surface area contributed by atoms with E-state index in [1.54, 1.807) is 10.7 Å². The molecular formula is C25H32FN5O4. The molecule has 0 spiro atoms. The number of aromatic nitrogens is 2. The minimum atomic E-state index is -0.918. The number of nitrogens with zero attached hydrogens (tertiary/aromatic N) is 2. The second-order valence-corrected chi connectivity index (χ2v) is 10.1. The zero-order valence-electron chi connectivity index (χ0n) is 20.3. The fraction of sp³-hybridized carbons (Fsp3) is 0.520. The molecule has 2 aliphatic rings. The van der Waals surface area contributed by atoms with E-state index in [0.717, 1.165) is 12.1 Å². The number of benzene rings is 1. The van der Waals surface area contributed by atoms with Gasteiger partial charge in [0.2, 0.25) is 0 Å². The highest BCUT2D eigenvalue weighted by Crippen LogP contribution is 2.38. The van der Waals surface area contributed by atoms with Crippen molar-refractivity contribution in [3.05, 3.63) is 40.5 Å². The van der Waals surface area contributed by atoms with E-state index in [-0.39, 0.29) is 35.0 Å². The van der Waals surface area contributed by atoms with Crippen LogP contribution in [0, 0.1) is 11.2 Å². The maximum atomic E-state index is 15.3. The molecule has 188 valence electrons. The predicted octanol–water partition coefficient (Wildman–Crippen LogP) is 2.66. The molecule has 2 aromatic rings. The van der Waals surface area contributed by atoms with Crippen LogP contribution in [0.25, 0.3) is 5.69 Å². The van der Waals surface area contributed by atoms with Gasteiger partial charge in [-0.3, -0.25) is 14.4 Å². The molecule has 0 saturated heterocycles. The number of nitrogens with one attached hydrogen (secondary N) is 1. The number of rotatable bonds is 7. The van der Waals surface area contributed by atoms with Crippen LogP contribution < -0.4 is 16.8 Å². The molecule has 2 aliphatic carbocycles. The number of carbonyl (C=O) groups excluding carboxylic acids is 3. The van der Waals surface area contributed by atoms with Gasteiger partial charge in [0, 0.05) is 12.5 Å². The Bertz CT molecular complexity index is 1190. The third-order valence-corrected chi connectivity index (χ3v) is 6.76. The Labute approximate surface area is 203 Å². The van der Waals surface area contributed by atoms with E-state index in [4.69, 9.17) is 16.2 Å². The molecule has 1 amide bonds. The molecular weight excluding hydrogens is 453 g/mol. The van der Waals surface area contributed by atoms with E-state index in [2.05, 4.69) is 10.4 Å². The fourth-order valence-corrected chi connectivity index (χ4v) is 5.22. The van der Waals surface area contributed by atoms with Gasteiger partial charge in [-0.2, -0.15) is 5.10 Å². The predicted molar refractivity (Wildman–Crippen MR) is 128 cm³/mol. The largest absolute Gasteiger partial charge is 0.459 e. The summed E-state index contributed by atoms with van der Waals surface area (Å²) in [5, 5.41) is 7.83. The first-order valence-electron chi connectivity index (χ1n) is 12.0. The van der Waals surface area contributed by atoms with Gasteiger partial charge in [0.1, 0.15) is 11.9 Å². The molecule has 1 aromatic heterocycles. The SMILES string of the molecule is CCc1nn(-c2cc(F)c(C(N)=O)c(N[C@H]3CCC[C@@H]3OC(=O)CN)c2)c2c1C(=O)CC(C)(C)C2. The summed E-state index contributed by atoms with van der Waals surface area (Å²) in [5.74, 6) is -2.21. The fourth-order valence-electron chi connectivity index (χ4n) is 5.22. The van der Waals surface area contributed by atoms with Gasteiger partial charge in [-0.1, -0.05) is 20.8 Å².